The van der Waals surface area contributed by atoms with E-state index in [9.17, 15) is 0 Å². The number of fused-ring (bicyclic) bond motifs is 6. The van der Waals surface area contributed by atoms with Gasteiger partial charge in [-0.15, -0.1) is 0 Å². The van der Waals surface area contributed by atoms with Gasteiger partial charge in [0, 0.05) is 57.0 Å². The van der Waals surface area contributed by atoms with Crippen LogP contribution in [0.5, 0.6) is 5.75 Å². The molecule has 113 heavy (non-hydrogen) atoms. The van der Waals surface area contributed by atoms with Gasteiger partial charge in [-0.25, -0.2) is 0 Å². The van der Waals surface area contributed by atoms with Crippen LogP contribution in [0.25, 0.3) is 66.8 Å². The summed E-state index contributed by atoms with van der Waals surface area (Å²) in [6.07, 6.45) is 30.0. The molecular weight excluding hydrogens is 1370 g/mol. The molecule has 0 saturated carbocycles. The van der Waals surface area contributed by atoms with Crippen molar-refractivity contribution in [1.82, 2.24) is 0 Å². The highest BCUT2D eigenvalue weighted by Gasteiger charge is 2.45. The Labute approximate surface area is 679 Å². The van der Waals surface area contributed by atoms with Crippen LogP contribution in [0.2, 0.25) is 0 Å². The maximum absolute atomic E-state index is 6.48. The summed E-state index contributed by atoms with van der Waals surface area (Å²) in [7, 11) is 0. The van der Waals surface area contributed by atoms with Crippen LogP contribution in [-0.4, -0.2) is 33.0 Å². The van der Waals surface area contributed by atoms with E-state index in [0.717, 1.165) is 106 Å². The number of unbranched alkanes of at least 4 members (excludes halogenated alkanes) is 15. The molecule has 0 radical (unpaired) electrons. The molecule has 0 bridgehead atoms. The molecule has 586 valence electrons. The van der Waals surface area contributed by atoms with Crippen LogP contribution in [0.3, 0.4) is 0 Å². The Kier molecular flexibility index (Phi) is 27.2. The van der Waals surface area contributed by atoms with Crippen molar-refractivity contribution < 1.29 is 14.2 Å². The molecule has 0 N–H and O–H groups in total. The van der Waals surface area contributed by atoms with Crippen LogP contribution < -0.4 is 14.5 Å². The van der Waals surface area contributed by atoms with Crippen molar-refractivity contribution in [3.05, 3.63) is 282 Å². The summed E-state index contributed by atoms with van der Waals surface area (Å²) in [5, 5.41) is 0. The topological polar surface area (TPSA) is 34.2 Å². The zero-order chi connectivity index (χ0) is 78.0. The van der Waals surface area contributed by atoms with E-state index in [-0.39, 0.29) is 16.2 Å². The molecule has 5 nitrogen and oxygen atoms in total. The van der Waals surface area contributed by atoms with Crippen molar-refractivity contribution in [2.45, 2.75) is 233 Å². The monoisotopic (exact) mass is 1500 g/mol. The largest absolute Gasteiger partial charge is 0.494 e. The third-order valence-corrected chi connectivity index (χ3v) is 25.6. The Bertz CT molecular complexity index is 4800. The first-order chi connectivity index (χ1) is 55.4. The average molecular weight is 1500 g/mol. The minimum atomic E-state index is -0.108. The number of hydrogen-bond acceptors (Lipinski definition) is 5. The summed E-state index contributed by atoms with van der Waals surface area (Å²) in [6.45, 7) is 22.3. The highest BCUT2D eigenvalue weighted by atomic mass is 16.5. The maximum Gasteiger partial charge on any atom is 0.119 e. The third-order valence-electron chi connectivity index (χ3n) is 25.6. The number of anilines is 6. The van der Waals surface area contributed by atoms with Crippen molar-refractivity contribution in [2.75, 3.05) is 42.8 Å². The summed E-state index contributed by atoms with van der Waals surface area (Å²) >= 11 is 0. The van der Waals surface area contributed by atoms with Gasteiger partial charge in [0.15, 0.2) is 0 Å². The van der Waals surface area contributed by atoms with E-state index in [4.69, 9.17) is 14.2 Å². The number of rotatable bonds is 42. The van der Waals surface area contributed by atoms with Gasteiger partial charge in [0.05, 0.1) is 26.4 Å². The number of ether oxygens (including phenoxy) is 3. The van der Waals surface area contributed by atoms with Crippen LogP contribution in [0, 0.1) is 12.3 Å². The van der Waals surface area contributed by atoms with E-state index in [1.807, 2.05) is 0 Å². The predicted molar refractivity (Wildman–Crippen MR) is 482 cm³/mol. The van der Waals surface area contributed by atoms with Crippen LogP contribution >= 0.6 is 0 Å². The van der Waals surface area contributed by atoms with Gasteiger partial charge in [0.2, 0.25) is 0 Å². The molecule has 1 heterocycles. The molecule has 0 aromatic heterocycles. The molecule has 14 rings (SSSR count). The fraction of sp³-hybridized carbons (Fsp3) is 0.389. The van der Waals surface area contributed by atoms with Crippen LogP contribution in [0.1, 0.15) is 248 Å². The van der Waals surface area contributed by atoms with Gasteiger partial charge in [0.25, 0.3) is 0 Å². The molecular formula is C108H126N2O3. The summed E-state index contributed by atoms with van der Waals surface area (Å²) < 4.78 is 17.9. The Balaban J connectivity index is 0.776. The van der Waals surface area contributed by atoms with Crippen molar-refractivity contribution in [3.63, 3.8) is 0 Å². The van der Waals surface area contributed by atoms with Crippen molar-refractivity contribution >= 4 is 34.1 Å². The number of benzene rings is 11. The zero-order valence-corrected chi connectivity index (χ0v) is 69.6. The van der Waals surface area contributed by atoms with Crippen molar-refractivity contribution in [1.29, 1.82) is 0 Å². The van der Waals surface area contributed by atoms with Crippen molar-refractivity contribution in [3.8, 4) is 72.5 Å². The van der Waals surface area contributed by atoms with Crippen LogP contribution in [0.4, 0.5) is 34.1 Å². The fourth-order valence-electron chi connectivity index (χ4n) is 18.7. The van der Waals surface area contributed by atoms with Gasteiger partial charge in [-0.05, 0) is 268 Å². The lowest BCUT2D eigenvalue weighted by atomic mass is 9.70. The zero-order valence-electron chi connectivity index (χ0n) is 69.6. The van der Waals surface area contributed by atoms with E-state index in [1.54, 1.807) is 0 Å². The molecule has 11 aromatic carbocycles. The second kappa shape index (κ2) is 38.3. The summed E-state index contributed by atoms with van der Waals surface area (Å²) in [5.74, 6) is 1.42. The maximum atomic E-state index is 6.48. The third kappa shape index (κ3) is 18.4. The quantitative estimate of drug-likeness (QED) is 0.0356. The summed E-state index contributed by atoms with van der Waals surface area (Å²) in [6, 6.07) is 96.3. The summed E-state index contributed by atoms with van der Waals surface area (Å²) in [4.78, 5) is 4.85. The standard InChI is InChI=1S/C108H126N2O3/c1-9-14-18-27-67-107(68-28-19-15-10-2)102-73-87(83-33-25-24-26-34-83)45-63-98(102)99-64-46-88(74-103(99)107)85-41-55-94(56-42-85)110(96-59-61-97(62-60-96)113-72-32-23-22-31-71-111-77-106(8)78-112-79-106)95-57-43-86(44-58-95)90-48-66-101-100-65-47-89(75-104(100)108(105(101)76-90,69-29-20-16-11-3)70-30-21-17-12-4)84-39-53-93(54-40-84)109(91-49-35-80(6)36-50-91)92-51-37-82(38-52-92)81(7)13-5/h24-26,33-66,73-76,81H,9-23,27-32,67-72,77-79H2,1-8H3. The molecule has 0 spiro atoms. The molecule has 11 aromatic rings. The number of aryl methyl sites for hydroxylation is 1. The lowest BCUT2D eigenvalue weighted by Crippen LogP contribution is -2.43. The molecule has 2 aliphatic carbocycles. The fourth-order valence-corrected chi connectivity index (χ4v) is 18.7. The SMILES string of the molecule is CCCCCCC1(CCCCCC)c2cc(-c3ccccc3)ccc2-c2ccc(-c3ccc(N(c4ccc(OCCCCCCOCC5(C)COC5)cc4)c4ccc(-c5ccc6c(c5)C(CCCCCC)(CCCCCC)c5cc(-c7ccc(N(c8ccc(C)cc8)c8ccc(C(C)CC)cc8)cc7)ccc5-6)cc4)cc3)cc21. The van der Waals surface area contributed by atoms with E-state index in [2.05, 4.69) is 314 Å². The number of nitrogens with zero attached hydrogens (tertiary/aromatic N) is 2. The van der Waals surface area contributed by atoms with Gasteiger partial charge >= 0.3 is 0 Å². The first kappa shape index (κ1) is 80.4. The highest BCUT2D eigenvalue weighted by Crippen LogP contribution is 2.58. The van der Waals surface area contributed by atoms with Gasteiger partial charge in [-0.2, -0.15) is 0 Å². The molecule has 1 atom stereocenters. The molecule has 5 heteroatoms. The Morgan fingerprint density at radius 2 is 0.655 bits per heavy atom. The van der Waals surface area contributed by atoms with Crippen LogP contribution in [0.15, 0.2) is 249 Å². The minimum absolute atomic E-state index is 0.0472. The smallest absolute Gasteiger partial charge is 0.119 e. The van der Waals surface area contributed by atoms with E-state index >= 15 is 0 Å². The van der Waals surface area contributed by atoms with Gasteiger partial charge in [0.1, 0.15) is 5.75 Å². The van der Waals surface area contributed by atoms with Gasteiger partial charge < -0.3 is 24.0 Å². The first-order valence-electron chi connectivity index (χ1n) is 44.1. The lowest BCUT2D eigenvalue weighted by Gasteiger charge is -2.37. The van der Waals surface area contributed by atoms with E-state index in [1.165, 1.54) is 221 Å². The van der Waals surface area contributed by atoms with Crippen molar-refractivity contribution in [2.24, 2.45) is 5.41 Å². The Hall–Kier alpha value is -9.26. The van der Waals surface area contributed by atoms with Gasteiger partial charge in [-0.3, -0.25) is 0 Å². The van der Waals surface area contributed by atoms with Gasteiger partial charge in [-0.1, -0.05) is 303 Å². The molecule has 1 saturated heterocycles. The second-order valence-electron chi connectivity index (χ2n) is 34.0. The lowest BCUT2D eigenvalue weighted by molar-refractivity contribution is -0.137. The van der Waals surface area contributed by atoms with Crippen LogP contribution in [-0.2, 0) is 20.3 Å². The van der Waals surface area contributed by atoms with E-state index < -0.39 is 0 Å². The average Bonchev–Trinajstić information content (AvgIpc) is 1.57. The van der Waals surface area contributed by atoms with E-state index in [0.29, 0.717) is 12.5 Å². The Morgan fingerprint density at radius 3 is 1.00 bits per heavy atom. The normalized spacial score (nSPS) is 14.2. The Morgan fingerprint density at radius 1 is 0.336 bits per heavy atom. The molecule has 3 aliphatic rings. The number of hydrogen-bond donors (Lipinski definition) is 0. The molecule has 1 fully saturated rings. The molecule has 1 aliphatic heterocycles. The predicted octanol–water partition coefficient (Wildman–Crippen LogP) is 31.5. The minimum Gasteiger partial charge on any atom is -0.494 e. The summed E-state index contributed by atoms with van der Waals surface area (Å²) in [5.41, 5.74) is 31.4. The second-order valence-corrected chi connectivity index (χ2v) is 34.0. The highest BCUT2D eigenvalue weighted by molar-refractivity contribution is 5.90. The molecule has 1 unspecified atom stereocenters. The first-order valence-corrected chi connectivity index (χ1v) is 44.1. The molecule has 0 amide bonds.